The first-order valence-electron chi connectivity index (χ1n) is 7.17. The maximum absolute atomic E-state index is 12.6. The zero-order chi connectivity index (χ0) is 17.0. The van der Waals surface area contributed by atoms with Crippen LogP contribution in [0.15, 0.2) is 41.8 Å². The molecule has 1 heterocycles. The lowest BCUT2D eigenvalue weighted by Crippen LogP contribution is -2.41. The molecule has 1 aromatic rings. The van der Waals surface area contributed by atoms with Crippen LogP contribution in [0.25, 0.3) is 0 Å². The summed E-state index contributed by atoms with van der Waals surface area (Å²) in [7, 11) is -3.61. The summed E-state index contributed by atoms with van der Waals surface area (Å²) in [6, 6.07) is 5.91. The monoisotopic (exact) mass is 337 g/mol. The van der Waals surface area contributed by atoms with E-state index in [9.17, 15) is 18.0 Å². The van der Waals surface area contributed by atoms with Crippen molar-refractivity contribution in [1.29, 1.82) is 0 Å². The van der Waals surface area contributed by atoms with E-state index in [1.54, 1.807) is 0 Å². The number of amides is 2. The third-order valence-electron chi connectivity index (χ3n) is 3.80. The topological polar surface area (TPSA) is 110 Å². The highest BCUT2D eigenvalue weighted by Gasteiger charge is 2.31. The summed E-state index contributed by atoms with van der Waals surface area (Å²) in [5, 5.41) is 2.55. The van der Waals surface area contributed by atoms with E-state index >= 15 is 0 Å². The molecule has 2 rings (SSSR count). The van der Waals surface area contributed by atoms with Gasteiger partial charge in [-0.1, -0.05) is 6.58 Å². The van der Waals surface area contributed by atoms with Crippen molar-refractivity contribution in [2.24, 2.45) is 11.7 Å². The smallest absolute Gasteiger partial charge is 0.247 e. The fourth-order valence-corrected chi connectivity index (χ4v) is 3.90. The second-order valence-electron chi connectivity index (χ2n) is 5.30. The second kappa shape index (κ2) is 6.93. The molecule has 0 radical (unpaired) electrons. The van der Waals surface area contributed by atoms with Crippen molar-refractivity contribution in [2.75, 3.05) is 18.4 Å². The Kier molecular flexibility index (Phi) is 5.17. The lowest BCUT2D eigenvalue weighted by molar-refractivity contribution is -0.122. The van der Waals surface area contributed by atoms with Crippen LogP contribution in [0, 0.1) is 5.92 Å². The average molecular weight is 337 g/mol. The molecule has 124 valence electrons. The molecule has 1 aromatic carbocycles. The molecule has 0 bridgehead atoms. The standard InChI is InChI=1S/C15H19N3O4S/c1-2-14(19)17-12-3-5-13(6-4-12)23(21,22)18-9-7-11(8-10-18)15(16)20/h2-6,11H,1,7-10H2,(H2,16,20)(H,17,19). The molecule has 1 saturated heterocycles. The molecular weight excluding hydrogens is 318 g/mol. The molecule has 3 N–H and O–H groups in total. The van der Waals surface area contributed by atoms with Gasteiger partial charge in [-0.2, -0.15) is 4.31 Å². The van der Waals surface area contributed by atoms with Crippen molar-refractivity contribution in [2.45, 2.75) is 17.7 Å². The Morgan fingerprint density at radius 2 is 1.78 bits per heavy atom. The summed E-state index contributed by atoms with van der Waals surface area (Å²) >= 11 is 0. The van der Waals surface area contributed by atoms with Gasteiger partial charge in [0.15, 0.2) is 0 Å². The molecular formula is C15H19N3O4S. The number of sulfonamides is 1. The zero-order valence-electron chi connectivity index (χ0n) is 12.6. The SMILES string of the molecule is C=CC(=O)Nc1ccc(S(=O)(=O)N2CCC(C(N)=O)CC2)cc1. The molecule has 1 aliphatic rings. The molecule has 0 unspecified atom stereocenters. The molecule has 0 saturated carbocycles. The Bertz CT molecular complexity index is 705. The maximum Gasteiger partial charge on any atom is 0.247 e. The van der Waals surface area contributed by atoms with E-state index in [-0.39, 0.29) is 35.7 Å². The van der Waals surface area contributed by atoms with E-state index in [1.165, 1.54) is 28.6 Å². The molecule has 1 aliphatic heterocycles. The van der Waals surface area contributed by atoms with Gasteiger partial charge in [-0.25, -0.2) is 8.42 Å². The molecule has 7 nitrogen and oxygen atoms in total. The Balaban J connectivity index is 2.09. The quantitative estimate of drug-likeness (QED) is 0.771. The van der Waals surface area contributed by atoms with Gasteiger partial charge in [0, 0.05) is 24.7 Å². The minimum absolute atomic E-state index is 0.145. The number of nitrogens with one attached hydrogen (secondary N) is 1. The Labute approximate surface area is 135 Å². The highest BCUT2D eigenvalue weighted by molar-refractivity contribution is 7.89. The van der Waals surface area contributed by atoms with E-state index in [4.69, 9.17) is 5.73 Å². The summed E-state index contributed by atoms with van der Waals surface area (Å²) in [6.45, 7) is 3.88. The number of nitrogens with zero attached hydrogens (tertiary/aromatic N) is 1. The van der Waals surface area contributed by atoms with E-state index in [2.05, 4.69) is 11.9 Å². The molecule has 2 amide bonds. The summed E-state index contributed by atoms with van der Waals surface area (Å²) < 4.78 is 26.5. The highest BCUT2D eigenvalue weighted by atomic mass is 32.2. The van der Waals surface area contributed by atoms with Crippen LogP contribution >= 0.6 is 0 Å². The van der Waals surface area contributed by atoms with Crippen LogP contribution in [0.2, 0.25) is 0 Å². The fraction of sp³-hybridized carbons (Fsp3) is 0.333. The summed E-state index contributed by atoms with van der Waals surface area (Å²) in [4.78, 5) is 22.5. The first-order valence-corrected chi connectivity index (χ1v) is 8.61. The lowest BCUT2D eigenvalue weighted by Gasteiger charge is -2.29. The van der Waals surface area contributed by atoms with Gasteiger partial charge in [-0.15, -0.1) is 0 Å². The highest BCUT2D eigenvalue weighted by Crippen LogP contribution is 2.24. The van der Waals surface area contributed by atoms with Crippen molar-refractivity contribution in [1.82, 2.24) is 4.31 Å². The summed E-state index contributed by atoms with van der Waals surface area (Å²) in [5.41, 5.74) is 5.74. The second-order valence-corrected chi connectivity index (χ2v) is 7.24. The number of rotatable bonds is 5. The molecule has 0 aliphatic carbocycles. The van der Waals surface area contributed by atoms with Crippen LogP contribution in [0.4, 0.5) is 5.69 Å². The number of carbonyl (C=O) groups is 2. The third kappa shape index (κ3) is 3.96. The van der Waals surface area contributed by atoms with Crippen molar-refractivity contribution in [3.63, 3.8) is 0 Å². The molecule has 1 fully saturated rings. The van der Waals surface area contributed by atoms with Crippen molar-refractivity contribution in [3.05, 3.63) is 36.9 Å². The van der Waals surface area contributed by atoms with Gasteiger partial charge < -0.3 is 11.1 Å². The number of primary amides is 1. The van der Waals surface area contributed by atoms with Gasteiger partial charge in [0.05, 0.1) is 4.90 Å². The van der Waals surface area contributed by atoms with Crippen LogP contribution in [-0.2, 0) is 19.6 Å². The number of benzene rings is 1. The summed E-state index contributed by atoms with van der Waals surface area (Å²) in [6.07, 6.45) is 2.00. The Morgan fingerprint density at radius 3 is 2.26 bits per heavy atom. The van der Waals surface area contributed by atoms with Crippen LogP contribution in [0.3, 0.4) is 0 Å². The largest absolute Gasteiger partial charge is 0.369 e. The van der Waals surface area contributed by atoms with Crippen molar-refractivity contribution >= 4 is 27.5 Å². The van der Waals surface area contributed by atoms with Crippen LogP contribution < -0.4 is 11.1 Å². The fourth-order valence-electron chi connectivity index (χ4n) is 2.43. The van der Waals surface area contributed by atoms with Gasteiger partial charge >= 0.3 is 0 Å². The third-order valence-corrected chi connectivity index (χ3v) is 5.71. The van der Waals surface area contributed by atoms with E-state index in [0.29, 0.717) is 18.5 Å². The summed E-state index contributed by atoms with van der Waals surface area (Å²) in [5.74, 6) is -1.02. The molecule has 0 spiro atoms. The van der Waals surface area contributed by atoms with E-state index < -0.39 is 10.0 Å². The number of piperidine rings is 1. The molecule has 23 heavy (non-hydrogen) atoms. The number of carbonyl (C=O) groups excluding carboxylic acids is 2. The van der Waals surface area contributed by atoms with Crippen LogP contribution in [0.5, 0.6) is 0 Å². The van der Waals surface area contributed by atoms with Gasteiger partial charge in [0.25, 0.3) is 0 Å². The normalized spacial score (nSPS) is 16.7. The lowest BCUT2D eigenvalue weighted by atomic mass is 9.98. The minimum atomic E-state index is -3.61. The Morgan fingerprint density at radius 1 is 1.22 bits per heavy atom. The molecule has 0 aromatic heterocycles. The van der Waals surface area contributed by atoms with Gasteiger partial charge in [0.1, 0.15) is 0 Å². The van der Waals surface area contributed by atoms with Gasteiger partial charge in [0.2, 0.25) is 21.8 Å². The molecule has 8 heteroatoms. The van der Waals surface area contributed by atoms with Gasteiger partial charge in [-0.3, -0.25) is 9.59 Å². The predicted octanol–water partition coefficient (Wildman–Crippen LogP) is 0.697. The predicted molar refractivity (Wildman–Crippen MR) is 85.9 cm³/mol. The zero-order valence-corrected chi connectivity index (χ0v) is 13.4. The van der Waals surface area contributed by atoms with E-state index in [1.807, 2.05) is 0 Å². The van der Waals surface area contributed by atoms with Crippen LogP contribution in [-0.4, -0.2) is 37.6 Å². The maximum atomic E-state index is 12.6. The minimum Gasteiger partial charge on any atom is -0.369 e. The van der Waals surface area contributed by atoms with E-state index in [0.717, 1.165) is 6.08 Å². The van der Waals surface area contributed by atoms with Crippen molar-refractivity contribution < 1.29 is 18.0 Å². The van der Waals surface area contributed by atoms with Gasteiger partial charge in [-0.05, 0) is 43.2 Å². The number of hydrogen-bond donors (Lipinski definition) is 2. The number of nitrogens with two attached hydrogens (primary N) is 1. The first-order chi connectivity index (χ1) is 10.8. The first kappa shape index (κ1) is 17.2. The van der Waals surface area contributed by atoms with Crippen molar-refractivity contribution in [3.8, 4) is 0 Å². The average Bonchev–Trinajstić information content (AvgIpc) is 2.55. The Hall–Kier alpha value is -2.19. The number of hydrogen-bond acceptors (Lipinski definition) is 4. The molecule has 0 atom stereocenters. The number of anilines is 1. The van der Waals surface area contributed by atoms with Crippen LogP contribution in [0.1, 0.15) is 12.8 Å².